The maximum atomic E-state index is 14.2. The van der Waals surface area contributed by atoms with Crippen molar-refractivity contribution < 1.29 is 99.2 Å². The van der Waals surface area contributed by atoms with Gasteiger partial charge in [-0.1, -0.05) is 0 Å². The Morgan fingerprint density at radius 1 is 0.593 bits per heavy atom. The van der Waals surface area contributed by atoms with Crippen molar-refractivity contribution in [1.82, 2.24) is 0 Å². The Bertz CT molecular complexity index is 1800. The zero-order valence-electron chi connectivity index (χ0n) is 27.8. The van der Waals surface area contributed by atoms with Gasteiger partial charge in [-0.15, -0.1) is 0 Å². The van der Waals surface area contributed by atoms with Gasteiger partial charge in [0.2, 0.25) is 23.8 Å². The number of aromatic hydroxyl groups is 2. The summed E-state index contributed by atoms with van der Waals surface area (Å²) < 4.78 is 39.6. The number of rotatable bonds is 10. The van der Waals surface area contributed by atoms with Crippen molar-refractivity contribution >= 4 is 11.0 Å². The first-order chi connectivity index (χ1) is 25.7. The zero-order valence-corrected chi connectivity index (χ0v) is 27.8. The number of hydrogen-bond acceptors (Lipinski definition) is 21. The van der Waals surface area contributed by atoms with E-state index in [1.807, 2.05) is 0 Å². The van der Waals surface area contributed by atoms with Gasteiger partial charge in [0.15, 0.2) is 18.2 Å². The quantitative estimate of drug-likeness (QED) is 0.0918. The van der Waals surface area contributed by atoms with E-state index >= 15 is 0 Å². The number of benzene rings is 2. The summed E-state index contributed by atoms with van der Waals surface area (Å²) in [6.45, 7) is -2.48. The van der Waals surface area contributed by atoms with Crippen LogP contribution in [0.5, 0.6) is 23.0 Å². The molecule has 21 heteroatoms. The van der Waals surface area contributed by atoms with Gasteiger partial charge in [0.05, 0.1) is 19.8 Å². The van der Waals surface area contributed by atoms with Gasteiger partial charge in [-0.2, -0.15) is 0 Å². The van der Waals surface area contributed by atoms with E-state index in [2.05, 4.69) is 0 Å². The largest absolute Gasteiger partial charge is 0.508 e. The Morgan fingerprint density at radius 2 is 1.11 bits per heavy atom. The first-order valence-corrected chi connectivity index (χ1v) is 16.5. The molecule has 0 radical (unpaired) electrons. The summed E-state index contributed by atoms with van der Waals surface area (Å²) in [5.74, 6) is -2.38. The van der Waals surface area contributed by atoms with Crippen molar-refractivity contribution in [3.63, 3.8) is 0 Å². The lowest BCUT2D eigenvalue weighted by molar-refractivity contribution is -0.358. The number of aliphatic hydroxyl groups is 11. The topological polar surface area (TPSA) is 349 Å². The Kier molecular flexibility index (Phi) is 11.9. The number of fused-ring (bicyclic) bond motifs is 1. The lowest BCUT2D eigenvalue weighted by Gasteiger charge is -2.45. The number of phenolic OH excluding ortho intramolecular Hbond substituents is 2. The normalized spacial score (nSPS) is 37.3. The number of phenols is 2. The summed E-state index contributed by atoms with van der Waals surface area (Å²) in [6.07, 6.45) is -26.7. The molecular formula is C33H40O21. The summed E-state index contributed by atoms with van der Waals surface area (Å²) in [5.41, 5.74) is -1.38. The molecule has 3 aliphatic heterocycles. The average Bonchev–Trinajstić information content (AvgIpc) is 3.15. The Hall–Kier alpha value is -3.75. The molecule has 13 N–H and O–H groups in total. The van der Waals surface area contributed by atoms with Crippen LogP contribution in [0.4, 0.5) is 0 Å². The number of ether oxygens (including phenoxy) is 6. The predicted molar refractivity (Wildman–Crippen MR) is 173 cm³/mol. The van der Waals surface area contributed by atoms with Gasteiger partial charge in [-0.25, -0.2) is 0 Å². The minimum absolute atomic E-state index is 0.0723. The molecule has 15 atom stereocenters. The highest BCUT2D eigenvalue weighted by atomic mass is 16.8. The average molecular weight is 773 g/mol. The van der Waals surface area contributed by atoms with E-state index in [-0.39, 0.29) is 22.6 Å². The van der Waals surface area contributed by atoms with Gasteiger partial charge in [0.1, 0.15) is 95.4 Å². The summed E-state index contributed by atoms with van der Waals surface area (Å²) in [4.78, 5) is 14.2. The number of hydrogen-bond donors (Lipinski definition) is 13. The van der Waals surface area contributed by atoms with Crippen molar-refractivity contribution in [2.24, 2.45) is 0 Å². The van der Waals surface area contributed by atoms with Crippen LogP contribution in [0, 0.1) is 0 Å². The van der Waals surface area contributed by atoms with Gasteiger partial charge >= 0.3 is 0 Å². The van der Waals surface area contributed by atoms with E-state index in [9.17, 15) is 71.2 Å². The van der Waals surface area contributed by atoms with E-state index in [0.717, 1.165) is 12.1 Å². The second-order valence-corrected chi connectivity index (χ2v) is 12.9. The molecule has 4 heterocycles. The van der Waals surface area contributed by atoms with Gasteiger partial charge in [0.25, 0.3) is 0 Å². The molecule has 1 aromatic heterocycles. The van der Waals surface area contributed by atoms with Gasteiger partial charge in [0, 0.05) is 17.7 Å². The highest BCUT2D eigenvalue weighted by molar-refractivity contribution is 5.88. The third kappa shape index (κ3) is 7.45. The van der Waals surface area contributed by atoms with Crippen LogP contribution in [-0.2, 0) is 18.9 Å². The minimum atomic E-state index is -2.01. The maximum Gasteiger partial charge on any atom is 0.239 e. The first-order valence-electron chi connectivity index (χ1n) is 16.5. The first kappa shape index (κ1) is 39.9. The summed E-state index contributed by atoms with van der Waals surface area (Å²) in [7, 11) is 0. The van der Waals surface area contributed by atoms with Gasteiger partial charge in [-0.05, 0) is 24.3 Å². The van der Waals surface area contributed by atoms with E-state index in [1.54, 1.807) is 0 Å². The lowest BCUT2D eigenvalue weighted by Crippen LogP contribution is -2.65. The number of aliphatic hydroxyl groups excluding tert-OH is 11. The van der Waals surface area contributed by atoms with E-state index in [4.69, 9.17) is 32.8 Å². The maximum absolute atomic E-state index is 14.2. The zero-order chi connectivity index (χ0) is 39.2. The second-order valence-electron chi connectivity index (χ2n) is 12.9. The summed E-state index contributed by atoms with van der Waals surface area (Å²) >= 11 is 0. The summed E-state index contributed by atoms with van der Waals surface area (Å²) in [6, 6.07) is 7.07. The van der Waals surface area contributed by atoms with Crippen molar-refractivity contribution in [1.29, 1.82) is 0 Å². The molecule has 0 bridgehead atoms. The highest BCUT2D eigenvalue weighted by Gasteiger charge is 2.52. The van der Waals surface area contributed by atoms with E-state index in [0.29, 0.717) is 0 Å². The monoisotopic (exact) mass is 772 g/mol. The SMILES string of the molecule is O=c1c(O[C@@H]2O[C@H](CO)[C@H](O)[C@H](O)[C@@H]2O[C@@H]2O[C@H](CO)[C@H](O)[C@H](O)[C@@H]2O)c(-c2ccc(O)cc2)oc2cc(O[C@@H]3O[C@H](CO)[C@@H](O)[C@@H](O)[C@H]3O)cc(O)c12. The minimum Gasteiger partial charge on any atom is -0.508 e. The molecule has 3 aromatic rings. The van der Waals surface area contributed by atoms with Crippen LogP contribution in [0.3, 0.4) is 0 Å². The second kappa shape index (κ2) is 16.2. The van der Waals surface area contributed by atoms with Gasteiger partial charge in [-0.3, -0.25) is 4.79 Å². The molecule has 2 aromatic carbocycles. The molecule has 3 fully saturated rings. The van der Waals surface area contributed by atoms with Crippen LogP contribution in [0.2, 0.25) is 0 Å². The molecule has 0 saturated carbocycles. The molecule has 298 valence electrons. The fourth-order valence-corrected chi connectivity index (χ4v) is 6.28. The molecular weight excluding hydrogens is 732 g/mol. The Morgan fingerprint density at radius 3 is 1.69 bits per heavy atom. The van der Waals surface area contributed by atoms with Crippen molar-refractivity contribution in [3.05, 3.63) is 46.6 Å². The fourth-order valence-electron chi connectivity index (χ4n) is 6.28. The van der Waals surface area contributed by atoms with Crippen molar-refractivity contribution in [2.45, 2.75) is 92.1 Å². The van der Waals surface area contributed by atoms with E-state index < -0.39 is 140 Å². The highest BCUT2D eigenvalue weighted by Crippen LogP contribution is 2.39. The lowest BCUT2D eigenvalue weighted by atomic mass is 9.97. The molecule has 0 amide bonds. The van der Waals surface area contributed by atoms with Crippen molar-refractivity contribution in [2.75, 3.05) is 19.8 Å². The Balaban J connectivity index is 1.41. The molecule has 21 nitrogen and oxygen atoms in total. The summed E-state index contributed by atoms with van der Waals surface area (Å²) in [5, 5.41) is 133. The van der Waals surface area contributed by atoms with E-state index in [1.165, 1.54) is 24.3 Å². The van der Waals surface area contributed by atoms with Crippen LogP contribution >= 0.6 is 0 Å². The van der Waals surface area contributed by atoms with Crippen LogP contribution in [0.1, 0.15) is 0 Å². The van der Waals surface area contributed by atoms with Gasteiger partial charge < -0.3 is 99.2 Å². The standard InChI is InChI=1S/C33H40O21/c34-7-15-19(39)23(43)26(46)31(50-15)48-12-5-13(38)18-14(6-12)49-28(10-1-3-11(37)4-2-10)29(22(18)42)53-33-30(25(45)21(41)17(9-36)52-33)54-32-27(47)24(44)20(40)16(8-35)51-32/h1-6,15-17,19-21,23-27,30-41,43-47H,7-9H2/t15-,16-,17-,19-,20+,21+,23-,24+,25+,26-,27+,30+,31-,32+,33+/m1/s1. The van der Waals surface area contributed by atoms with Crippen LogP contribution in [0.25, 0.3) is 22.3 Å². The fraction of sp³-hybridized carbons (Fsp3) is 0.545. The molecule has 0 spiro atoms. The van der Waals surface area contributed by atoms with Crippen molar-refractivity contribution in [3.8, 4) is 34.3 Å². The molecule has 6 rings (SSSR count). The van der Waals surface area contributed by atoms with Crippen LogP contribution < -0.4 is 14.9 Å². The molecule has 54 heavy (non-hydrogen) atoms. The predicted octanol–water partition coefficient (Wildman–Crippen LogP) is -4.95. The van der Waals surface area contributed by atoms with Crippen LogP contribution in [-0.4, -0.2) is 178 Å². The molecule has 3 aliphatic rings. The van der Waals surface area contributed by atoms with Crippen LogP contribution in [0.15, 0.2) is 45.6 Å². The third-order valence-corrected chi connectivity index (χ3v) is 9.33. The third-order valence-electron chi connectivity index (χ3n) is 9.33. The molecule has 0 unspecified atom stereocenters. The molecule has 3 saturated heterocycles. The Labute approximate surface area is 303 Å². The smallest absolute Gasteiger partial charge is 0.239 e. The molecule has 0 aliphatic carbocycles.